The van der Waals surface area contributed by atoms with Crippen LogP contribution < -0.4 is 5.73 Å². The van der Waals surface area contributed by atoms with E-state index >= 15 is 0 Å². The number of nitrogens with two attached hydrogens (primary N) is 1. The van der Waals surface area contributed by atoms with E-state index < -0.39 is 0 Å². The highest BCUT2D eigenvalue weighted by molar-refractivity contribution is 5.86. The molecular weight excluding hydrogens is 218 g/mol. The van der Waals surface area contributed by atoms with Crippen molar-refractivity contribution in [3.63, 3.8) is 0 Å². The lowest BCUT2D eigenvalue weighted by Crippen LogP contribution is -2.33. The van der Waals surface area contributed by atoms with Crippen molar-refractivity contribution in [3.05, 3.63) is 71.8 Å². The van der Waals surface area contributed by atoms with Crippen LogP contribution in [0.3, 0.4) is 0 Å². The van der Waals surface area contributed by atoms with Gasteiger partial charge in [0.2, 0.25) is 0 Å². The first-order valence-electron chi connectivity index (χ1n) is 6.19. The maximum absolute atomic E-state index is 6.29. The number of rotatable bonds is 3. The van der Waals surface area contributed by atoms with Crippen LogP contribution in [0.2, 0.25) is 0 Å². The SMILES string of the molecule is CC(C)(N)C(=Cc1ccccc1)c1ccccc1. The van der Waals surface area contributed by atoms with Crippen molar-refractivity contribution in [2.75, 3.05) is 0 Å². The smallest absolute Gasteiger partial charge is 0.0358 e. The summed E-state index contributed by atoms with van der Waals surface area (Å²) in [6.45, 7) is 4.07. The summed E-state index contributed by atoms with van der Waals surface area (Å²) in [7, 11) is 0. The normalized spacial score (nSPS) is 12.5. The molecule has 0 aliphatic carbocycles. The second-order valence-corrected chi connectivity index (χ2v) is 5.06. The molecule has 0 amide bonds. The molecule has 0 saturated heterocycles. The van der Waals surface area contributed by atoms with Crippen LogP contribution in [-0.2, 0) is 0 Å². The number of benzene rings is 2. The van der Waals surface area contributed by atoms with E-state index in [1.165, 1.54) is 11.1 Å². The Bertz CT molecular complexity index is 519. The molecular formula is C17H19N. The molecule has 0 aromatic heterocycles. The molecule has 18 heavy (non-hydrogen) atoms. The van der Waals surface area contributed by atoms with Crippen molar-refractivity contribution >= 4 is 11.6 Å². The van der Waals surface area contributed by atoms with Crippen LogP contribution in [0.5, 0.6) is 0 Å². The predicted octanol–water partition coefficient (Wildman–Crippen LogP) is 3.96. The lowest BCUT2D eigenvalue weighted by molar-refractivity contribution is 0.677. The molecule has 0 heterocycles. The van der Waals surface area contributed by atoms with Gasteiger partial charge in [0.05, 0.1) is 0 Å². The predicted molar refractivity (Wildman–Crippen MR) is 79.0 cm³/mol. The van der Waals surface area contributed by atoms with Crippen LogP contribution in [0, 0.1) is 0 Å². The molecule has 1 heteroatoms. The Morgan fingerprint density at radius 2 is 1.39 bits per heavy atom. The van der Waals surface area contributed by atoms with Gasteiger partial charge in [-0.2, -0.15) is 0 Å². The van der Waals surface area contributed by atoms with Crippen LogP contribution in [0.4, 0.5) is 0 Å². The van der Waals surface area contributed by atoms with E-state index in [-0.39, 0.29) is 5.54 Å². The molecule has 0 saturated carbocycles. The highest BCUT2D eigenvalue weighted by atomic mass is 14.7. The van der Waals surface area contributed by atoms with Crippen LogP contribution in [0.15, 0.2) is 60.7 Å². The molecule has 0 bridgehead atoms. The molecule has 2 rings (SSSR count). The second-order valence-electron chi connectivity index (χ2n) is 5.06. The summed E-state index contributed by atoms with van der Waals surface area (Å²) in [6, 6.07) is 20.6. The molecule has 92 valence electrons. The first-order chi connectivity index (χ1) is 8.57. The Labute approximate surface area is 109 Å². The van der Waals surface area contributed by atoms with Crippen molar-refractivity contribution in [1.29, 1.82) is 0 Å². The van der Waals surface area contributed by atoms with Crippen LogP contribution in [-0.4, -0.2) is 5.54 Å². The van der Waals surface area contributed by atoms with Gasteiger partial charge < -0.3 is 5.73 Å². The fourth-order valence-corrected chi connectivity index (χ4v) is 1.97. The first kappa shape index (κ1) is 12.6. The van der Waals surface area contributed by atoms with Crippen LogP contribution in [0.1, 0.15) is 25.0 Å². The Morgan fingerprint density at radius 1 is 0.889 bits per heavy atom. The van der Waals surface area contributed by atoms with Gasteiger partial charge >= 0.3 is 0 Å². The third-order valence-electron chi connectivity index (χ3n) is 2.89. The summed E-state index contributed by atoms with van der Waals surface area (Å²) in [5.74, 6) is 0. The van der Waals surface area contributed by atoms with Crippen LogP contribution in [0.25, 0.3) is 11.6 Å². The van der Waals surface area contributed by atoms with Gasteiger partial charge in [-0.15, -0.1) is 0 Å². The highest BCUT2D eigenvalue weighted by Gasteiger charge is 2.18. The number of hydrogen-bond acceptors (Lipinski definition) is 1. The molecule has 2 N–H and O–H groups in total. The van der Waals surface area contributed by atoms with Crippen molar-refractivity contribution in [2.24, 2.45) is 5.73 Å². The average Bonchev–Trinajstić information content (AvgIpc) is 2.37. The Kier molecular flexibility index (Phi) is 3.63. The zero-order valence-electron chi connectivity index (χ0n) is 10.9. The molecule has 0 radical (unpaired) electrons. The molecule has 1 nitrogen and oxygen atoms in total. The molecule has 0 fully saturated rings. The van der Waals surface area contributed by atoms with Crippen molar-refractivity contribution in [2.45, 2.75) is 19.4 Å². The maximum Gasteiger partial charge on any atom is 0.0358 e. The van der Waals surface area contributed by atoms with E-state index in [1.54, 1.807) is 0 Å². The second kappa shape index (κ2) is 5.19. The van der Waals surface area contributed by atoms with E-state index in [0.717, 1.165) is 5.57 Å². The Balaban J connectivity index is 2.48. The quantitative estimate of drug-likeness (QED) is 0.803. The van der Waals surface area contributed by atoms with E-state index in [2.05, 4.69) is 30.3 Å². The largest absolute Gasteiger partial charge is 0.322 e. The standard InChI is InChI=1S/C17H19N/c1-17(2,18)16(15-11-7-4-8-12-15)13-14-9-5-3-6-10-14/h3-13H,18H2,1-2H3. The van der Waals surface area contributed by atoms with E-state index in [0.29, 0.717) is 0 Å². The average molecular weight is 237 g/mol. The lowest BCUT2D eigenvalue weighted by atomic mass is 9.87. The van der Waals surface area contributed by atoms with Crippen molar-refractivity contribution in [1.82, 2.24) is 0 Å². The maximum atomic E-state index is 6.29. The summed E-state index contributed by atoms with van der Waals surface area (Å²) in [5, 5.41) is 0. The minimum Gasteiger partial charge on any atom is -0.322 e. The summed E-state index contributed by atoms with van der Waals surface area (Å²) in [5.41, 5.74) is 9.43. The fraction of sp³-hybridized carbons (Fsp3) is 0.176. The van der Waals surface area contributed by atoms with Crippen molar-refractivity contribution in [3.8, 4) is 0 Å². The van der Waals surface area contributed by atoms with Gasteiger partial charge in [-0.1, -0.05) is 60.7 Å². The topological polar surface area (TPSA) is 26.0 Å². The summed E-state index contributed by atoms with van der Waals surface area (Å²) >= 11 is 0. The Morgan fingerprint density at radius 3 is 1.89 bits per heavy atom. The van der Waals surface area contributed by atoms with Gasteiger partial charge in [0.25, 0.3) is 0 Å². The molecule has 0 aliphatic heterocycles. The van der Waals surface area contributed by atoms with E-state index in [9.17, 15) is 0 Å². The van der Waals surface area contributed by atoms with E-state index in [4.69, 9.17) is 5.73 Å². The zero-order valence-corrected chi connectivity index (χ0v) is 10.9. The Hall–Kier alpha value is -1.86. The first-order valence-corrected chi connectivity index (χ1v) is 6.19. The summed E-state index contributed by atoms with van der Waals surface area (Å²) in [6.07, 6.45) is 2.16. The van der Waals surface area contributed by atoms with Gasteiger partial charge in [0, 0.05) is 5.54 Å². The molecule has 0 atom stereocenters. The third kappa shape index (κ3) is 3.08. The molecule has 2 aromatic rings. The van der Waals surface area contributed by atoms with Gasteiger partial charge in [0.15, 0.2) is 0 Å². The zero-order chi connectivity index (χ0) is 13.0. The monoisotopic (exact) mass is 237 g/mol. The van der Waals surface area contributed by atoms with Gasteiger partial charge in [-0.3, -0.25) is 0 Å². The third-order valence-corrected chi connectivity index (χ3v) is 2.89. The lowest BCUT2D eigenvalue weighted by Gasteiger charge is -2.23. The summed E-state index contributed by atoms with van der Waals surface area (Å²) < 4.78 is 0. The van der Waals surface area contributed by atoms with Gasteiger partial charge in [0.1, 0.15) is 0 Å². The fourth-order valence-electron chi connectivity index (χ4n) is 1.97. The minimum absolute atomic E-state index is 0.364. The van der Waals surface area contributed by atoms with Crippen molar-refractivity contribution < 1.29 is 0 Å². The molecule has 0 unspecified atom stereocenters. The number of hydrogen-bond donors (Lipinski definition) is 1. The van der Waals surface area contributed by atoms with E-state index in [1.807, 2.05) is 50.2 Å². The highest BCUT2D eigenvalue weighted by Crippen LogP contribution is 2.27. The van der Waals surface area contributed by atoms with Gasteiger partial charge in [-0.05, 0) is 36.6 Å². The van der Waals surface area contributed by atoms with Gasteiger partial charge in [-0.25, -0.2) is 0 Å². The molecule has 0 aliphatic rings. The molecule has 0 spiro atoms. The summed E-state index contributed by atoms with van der Waals surface area (Å²) in [4.78, 5) is 0. The molecule has 2 aromatic carbocycles. The minimum atomic E-state index is -0.364. The van der Waals surface area contributed by atoms with Crippen LogP contribution >= 0.6 is 0 Å².